The zero-order valence-electron chi connectivity index (χ0n) is 11.8. The van der Waals surface area contributed by atoms with Gasteiger partial charge in [-0.05, 0) is 32.1 Å². The van der Waals surface area contributed by atoms with E-state index in [1.165, 1.54) is 0 Å². The van der Waals surface area contributed by atoms with Crippen LogP contribution in [0.15, 0.2) is 0 Å². The molecule has 0 saturated carbocycles. The van der Waals surface area contributed by atoms with Crippen molar-refractivity contribution in [3.63, 3.8) is 0 Å². The van der Waals surface area contributed by atoms with Crippen molar-refractivity contribution in [1.29, 1.82) is 0 Å². The van der Waals surface area contributed by atoms with Gasteiger partial charge in [0.25, 0.3) is 0 Å². The monoisotopic (exact) mass is 257 g/mol. The molecule has 1 aliphatic heterocycles. The van der Waals surface area contributed by atoms with Crippen LogP contribution in [0.4, 0.5) is 4.79 Å². The number of rotatable bonds is 5. The second kappa shape index (κ2) is 6.38. The molecule has 1 heterocycles. The average Bonchev–Trinajstić information content (AvgIpc) is 2.25. The van der Waals surface area contributed by atoms with E-state index in [4.69, 9.17) is 5.73 Å². The Morgan fingerprint density at radius 2 is 2.06 bits per heavy atom. The lowest BCUT2D eigenvalue weighted by atomic mass is 9.93. The van der Waals surface area contributed by atoms with Crippen LogP contribution in [0.3, 0.4) is 0 Å². The van der Waals surface area contributed by atoms with Gasteiger partial charge in [-0.2, -0.15) is 0 Å². The van der Waals surface area contributed by atoms with Crippen LogP contribution in [-0.4, -0.2) is 47.3 Å². The summed E-state index contributed by atoms with van der Waals surface area (Å²) in [6, 6.07) is 0.0412. The Balaban J connectivity index is 2.27. The first-order valence-corrected chi connectivity index (χ1v) is 6.80. The first-order valence-electron chi connectivity index (χ1n) is 6.80. The third kappa shape index (κ3) is 5.23. The molecule has 1 atom stereocenters. The summed E-state index contributed by atoms with van der Waals surface area (Å²) in [6.45, 7) is 8.11. The van der Waals surface area contributed by atoms with E-state index >= 15 is 0 Å². The SMILES string of the molecule is CC(C)CC(C)(O)CNC1CCN(C(N)=O)CC1. The molecule has 18 heavy (non-hydrogen) atoms. The van der Waals surface area contributed by atoms with Gasteiger partial charge in [0.2, 0.25) is 0 Å². The molecule has 2 amide bonds. The van der Waals surface area contributed by atoms with Crippen LogP contribution in [0, 0.1) is 5.92 Å². The maximum Gasteiger partial charge on any atom is 0.314 e. The number of primary amides is 1. The number of carbonyl (C=O) groups is 1. The Labute approximate surface area is 110 Å². The largest absolute Gasteiger partial charge is 0.389 e. The Morgan fingerprint density at radius 1 is 1.50 bits per heavy atom. The molecule has 0 aromatic carbocycles. The van der Waals surface area contributed by atoms with Gasteiger partial charge in [-0.15, -0.1) is 0 Å². The smallest absolute Gasteiger partial charge is 0.314 e. The van der Waals surface area contributed by atoms with E-state index in [0.717, 1.165) is 19.3 Å². The van der Waals surface area contributed by atoms with Crippen LogP contribution in [0.25, 0.3) is 0 Å². The predicted octanol–water partition coefficient (Wildman–Crippen LogP) is 0.916. The standard InChI is InChI=1S/C13H27N3O2/c1-10(2)8-13(3,18)9-15-11-4-6-16(7-5-11)12(14)17/h10-11,15,18H,4-9H2,1-3H3,(H2,14,17). The van der Waals surface area contributed by atoms with Crippen molar-refractivity contribution in [2.45, 2.75) is 51.7 Å². The number of nitrogens with one attached hydrogen (secondary N) is 1. The van der Waals surface area contributed by atoms with Gasteiger partial charge in [0.15, 0.2) is 0 Å². The van der Waals surface area contributed by atoms with E-state index in [1.54, 1.807) is 4.90 Å². The van der Waals surface area contributed by atoms with Gasteiger partial charge in [-0.25, -0.2) is 4.79 Å². The number of hydrogen-bond donors (Lipinski definition) is 3. The molecule has 0 spiro atoms. The normalized spacial score (nSPS) is 21.1. The van der Waals surface area contributed by atoms with E-state index in [9.17, 15) is 9.90 Å². The molecule has 5 heteroatoms. The van der Waals surface area contributed by atoms with Crippen molar-refractivity contribution >= 4 is 6.03 Å². The number of amides is 2. The number of carbonyl (C=O) groups excluding carboxylic acids is 1. The van der Waals surface area contributed by atoms with Gasteiger partial charge in [0, 0.05) is 25.7 Å². The highest BCUT2D eigenvalue weighted by atomic mass is 16.3. The molecule has 1 rings (SSSR count). The third-order valence-electron chi connectivity index (χ3n) is 3.43. The molecule has 5 nitrogen and oxygen atoms in total. The van der Waals surface area contributed by atoms with E-state index in [-0.39, 0.29) is 6.03 Å². The van der Waals surface area contributed by atoms with Crippen molar-refractivity contribution < 1.29 is 9.90 Å². The second-order valence-electron chi connectivity index (χ2n) is 6.08. The molecule has 1 saturated heterocycles. The molecule has 1 aliphatic rings. The maximum atomic E-state index is 11.0. The third-order valence-corrected chi connectivity index (χ3v) is 3.43. The van der Waals surface area contributed by atoms with Crippen LogP contribution >= 0.6 is 0 Å². The minimum absolute atomic E-state index is 0.333. The molecular formula is C13H27N3O2. The van der Waals surface area contributed by atoms with Crippen LogP contribution in [0.1, 0.15) is 40.0 Å². The highest BCUT2D eigenvalue weighted by Gasteiger charge is 2.25. The summed E-state index contributed by atoms with van der Waals surface area (Å²) in [5.41, 5.74) is 4.58. The number of aliphatic hydroxyl groups is 1. The molecule has 0 aliphatic carbocycles. The Morgan fingerprint density at radius 3 is 2.50 bits per heavy atom. The molecule has 0 radical (unpaired) electrons. The van der Waals surface area contributed by atoms with E-state index in [2.05, 4.69) is 19.2 Å². The average molecular weight is 257 g/mol. The zero-order valence-corrected chi connectivity index (χ0v) is 11.8. The van der Waals surface area contributed by atoms with Crippen molar-refractivity contribution in [1.82, 2.24) is 10.2 Å². The Hall–Kier alpha value is -0.810. The lowest BCUT2D eigenvalue weighted by Crippen LogP contribution is -2.50. The van der Waals surface area contributed by atoms with E-state index in [0.29, 0.717) is 31.6 Å². The summed E-state index contributed by atoms with van der Waals surface area (Å²) in [6.07, 6.45) is 2.60. The summed E-state index contributed by atoms with van der Waals surface area (Å²) in [5, 5.41) is 13.6. The topological polar surface area (TPSA) is 78.6 Å². The number of piperidine rings is 1. The second-order valence-corrected chi connectivity index (χ2v) is 6.08. The van der Waals surface area contributed by atoms with Crippen molar-refractivity contribution in [2.75, 3.05) is 19.6 Å². The fraction of sp³-hybridized carbons (Fsp3) is 0.923. The highest BCUT2D eigenvalue weighted by molar-refractivity contribution is 5.72. The van der Waals surface area contributed by atoms with Gasteiger partial charge in [-0.1, -0.05) is 13.8 Å². The van der Waals surface area contributed by atoms with Crippen molar-refractivity contribution in [3.8, 4) is 0 Å². The quantitative estimate of drug-likeness (QED) is 0.685. The lowest BCUT2D eigenvalue weighted by molar-refractivity contribution is 0.0337. The Kier molecular flexibility index (Phi) is 5.41. The van der Waals surface area contributed by atoms with Gasteiger partial charge >= 0.3 is 6.03 Å². The van der Waals surface area contributed by atoms with Gasteiger partial charge in [0.1, 0.15) is 0 Å². The van der Waals surface area contributed by atoms with Gasteiger partial charge < -0.3 is 21.1 Å². The molecular weight excluding hydrogens is 230 g/mol. The van der Waals surface area contributed by atoms with Gasteiger partial charge in [0.05, 0.1) is 5.60 Å². The zero-order chi connectivity index (χ0) is 13.8. The molecule has 0 bridgehead atoms. The lowest BCUT2D eigenvalue weighted by Gasteiger charge is -2.34. The van der Waals surface area contributed by atoms with Crippen molar-refractivity contribution in [3.05, 3.63) is 0 Å². The van der Waals surface area contributed by atoms with Crippen LogP contribution in [-0.2, 0) is 0 Å². The summed E-state index contributed by atoms with van der Waals surface area (Å²) in [5.74, 6) is 0.485. The summed E-state index contributed by atoms with van der Waals surface area (Å²) in [7, 11) is 0. The minimum atomic E-state index is -0.658. The molecule has 1 fully saturated rings. The number of hydrogen-bond acceptors (Lipinski definition) is 3. The number of urea groups is 1. The Bertz CT molecular complexity index is 271. The van der Waals surface area contributed by atoms with Crippen LogP contribution in [0.2, 0.25) is 0 Å². The number of likely N-dealkylation sites (tertiary alicyclic amines) is 1. The van der Waals surface area contributed by atoms with Crippen LogP contribution < -0.4 is 11.1 Å². The molecule has 4 N–H and O–H groups in total. The summed E-state index contributed by atoms with van der Waals surface area (Å²) < 4.78 is 0. The van der Waals surface area contributed by atoms with E-state index in [1.807, 2.05) is 6.92 Å². The fourth-order valence-electron chi connectivity index (χ4n) is 2.62. The van der Waals surface area contributed by atoms with Gasteiger partial charge in [-0.3, -0.25) is 0 Å². The first kappa shape index (κ1) is 15.2. The van der Waals surface area contributed by atoms with Crippen molar-refractivity contribution in [2.24, 2.45) is 11.7 Å². The molecule has 106 valence electrons. The maximum absolute atomic E-state index is 11.0. The van der Waals surface area contributed by atoms with E-state index < -0.39 is 5.60 Å². The number of nitrogens with two attached hydrogens (primary N) is 1. The number of nitrogens with zero attached hydrogens (tertiary/aromatic N) is 1. The first-order chi connectivity index (χ1) is 8.30. The minimum Gasteiger partial charge on any atom is -0.389 e. The fourth-order valence-corrected chi connectivity index (χ4v) is 2.62. The van der Waals surface area contributed by atoms with Crippen LogP contribution in [0.5, 0.6) is 0 Å². The summed E-state index contributed by atoms with van der Waals surface area (Å²) >= 11 is 0. The summed E-state index contributed by atoms with van der Waals surface area (Å²) in [4.78, 5) is 12.7. The highest BCUT2D eigenvalue weighted by Crippen LogP contribution is 2.17. The predicted molar refractivity (Wildman–Crippen MR) is 72.3 cm³/mol. The molecule has 0 aromatic heterocycles. The molecule has 0 aromatic rings. The molecule has 1 unspecified atom stereocenters.